The molecule has 0 unspecified atom stereocenters. The van der Waals surface area contributed by atoms with Crippen LogP contribution >= 0.6 is 0 Å². The molecule has 0 atom stereocenters. The molecule has 0 aliphatic carbocycles. The number of hydrogen-bond donors (Lipinski definition) is 1. The molecule has 0 aromatic heterocycles. The Morgan fingerprint density at radius 2 is 1.15 bits per heavy atom. The minimum absolute atomic E-state index is 0.000127. The summed E-state index contributed by atoms with van der Waals surface area (Å²) in [5.74, 6) is 1.57. The number of aliphatic hydroxyl groups is 1. The van der Waals surface area contributed by atoms with Crippen LogP contribution in [0.1, 0.15) is 45.4 Å². The van der Waals surface area contributed by atoms with Crippen molar-refractivity contribution in [3.63, 3.8) is 0 Å². The summed E-state index contributed by atoms with van der Waals surface area (Å²) in [6.07, 6.45) is 7.57. The molecule has 0 saturated carbocycles. The van der Waals surface area contributed by atoms with E-state index >= 15 is 0 Å². The summed E-state index contributed by atoms with van der Waals surface area (Å²) in [4.78, 5) is 0. The number of azo groups is 1. The zero-order chi connectivity index (χ0) is 19.2. The lowest BCUT2D eigenvalue weighted by Gasteiger charge is -2.06. The Morgan fingerprint density at radius 1 is 0.667 bits per heavy atom. The fourth-order valence-electron chi connectivity index (χ4n) is 2.57. The van der Waals surface area contributed by atoms with Crippen LogP contribution in [0.3, 0.4) is 0 Å². The van der Waals surface area contributed by atoms with Gasteiger partial charge in [-0.2, -0.15) is 10.2 Å². The molecule has 0 amide bonds. The highest BCUT2D eigenvalue weighted by molar-refractivity contribution is 5.44. The molecule has 1 N–H and O–H groups in total. The predicted octanol–water partition coefficient (Wildman–Crippen LogP) is 6.21. The first-order valence-electron chi connectivity index (χ1n) is 9.80. The molecule has 2 rings (SSSR count). The van der Waals surface area contributed by atoms with Gasteiger partial charge in [-0.05, 0) is 55.0 Å². The van der Waals surface area contributed by atoms with Crippen molar-refractivity contribution in [1.29, 1.82) is 0 Å². The fraction of sp³-hybridized carbons (Fsp3) is 0.455. The van der Waals surface area contributed by atoms with Crippen molar-refractivity contribution in [2.75, 3.05) is 19.8 Å². The molecule has 0 spiro atoms. The highest BCUT2D eigenvalue weighted by Crippen LogP contribution is 2.23. The highest BCUT2D eigenvalue weighted by Gasteiger charge is 1.97. The van der Waals surface area contributed by atoms with Gasteiger partial charge in [-0.15, -0.1) is 0 Å². The highest BCUT2D eigenvalue weighted by atomic mass is 16.5. The molecule has 0 bridgehead atoms. The molecule has 5 heteroatoms. The van der Waals surface area contributed by atoms with Gasteiger partial charge in [0.05, 0.1) is 24.6 Å². The number of ether oxygens (including phenoxy) is 2. The zero-order valence-corrected chi connectivity index (χ0v) is 16.1. The van der Waals surface area contributed by atoms with E-state index in [9.17, 15) is 0 Å². The van der Waals surface area contributed by atoms with Crippen LogP contribution in [-0.2, 0) is 0 Å². The monoisotopic (exact) mass is 370 g/mol. The van der Waals surface area contributed by atoms with Crippen molar-refractivity contribution in [3.05, 3.63) is 48.5 Å². The molecule has 0 heterocycles. The number of hydrogen-bond acceptors (Lipinski definition) is 5. The maximum absolute atomic E-state index is 8.74. The lowest BCUT2D eigenvalue weighted by Crippen LogP contribution is -2.00. The summed E-state index contributed by atoms with van der Waals surface area (Å²) in [6, 6.07) is 14.9. The van der Waals surface area contributed by atoms with Crippen LogP contribution in [0.15, 0.2) is 58.8 Å². The molecule has 146 valence electrons. The average Bonchev–Trinajstić information content (AvgIpc) is 2.71. The maximum atomic E-state index is 8.74. The van der Waals surface area contributed by atoms with Crippen LogP contribution in [0.4, 0.5) is 11.4 Å². The van der Waals surface area contributed by atoms with Crippen molar-refractivity contribution >= 4 is 11.4 Å². The molecule has 2 aromatic rings. The third kappa shape index (κ3) is 8.69. The Balaban J connectivity index is 1.72. The molecule has 27 heavy (non-hydrogen) atoms. The standard InChI is InChI=1S/C22H30N2O3/c1-2-3-4-5-6-7-17-26-21-12-8-19(9-13-21)23-24-20-10-14-22(15-11-20)27-18-16-25/h8-15,25H,2-7,16-18H2,1H3. The third-order valence-corrected chi connectivity index (χ3v) is 4.08. The van der Waals surface area contributed by atoms with E-state index in [0.29, 0.717) is 5.75 Å². The second kappa shape index (κ2) is 12.9. The van der Waals surface area contributed by atoms with Crippen LogP contribution in [0.5, 0.6) is 11.5 Å². The molecule has 0 fully saturated rings. The molecule has 0 aliphatic rings. The van der Waals surface area contributed by atoms with Gasteiger partial charge in [0.2, 0.25) is 0 Å². The maximum Gasteiger partial charge on any atom is 0.119 e. The van der Waals surface area contributed by atoms with Gasteiger partial charge in [0.1, 0.15) is 18.1 Å². The van der Waals surface area contributed by atoms with E-state index in [4.69, 9.17) is 14.6 Å². The fourth-order valence-corrected chi connectivity index (χ4v) is 2.57. The van der Waals surface area contributed by atoms with Crippen molar-refractivity contribution in [2.24, 2.45) is 10.2 Å². The van der Waals surface area contributed by atoms with Gasteiger partial charge < -0.3 is 14.6 Å². The number of benzene rings is 2. The zero-order valence-electron chi connectivity index (χ0n) is 16.1. The summed E-state index contributed by atoms with van der Waals surface area (Å²) in [7, 11) is 0. The summed E-state index contributed by atoms with van der Waals surface area (Å²) < 4.78 is 11.1. The summed E-state index contributed by atoms with van der Waals surface area (Å²) in [5, 5.41) is 17.2. The Hall–Kier alpha value is -2.40. The smallest absolute Gasteiger partial charge is 0.119 e. The van der Waals surface area contributed by atoms with E-state index in [1.165, 1.54) is 32.1 Å². The first-order chi connectivity index (χ1) is 13.3. The van der Waals surface area contributed by atoms with Gasteiger partial charge in [-0.3, -0.25) is 0 Å². The normalized spacial score (nSPS) is 11.0. The van der Waals surface area contributed by atoms with Crippen LogP contribution in [0, 0.1) is 0 Å². The third-order valence-electron chi connectivity index (χ3n) is 4.08. The van der Waals surface area contributed by atoms with E-state index in [-0.39, 0.29) is 13.2 Å². The van der Waals surface area contributed by atoms with Crippen LogP contribution in [0.25, 0.3) is 0 Å². The number of rotatable bonds is 13. The lowest BCUT2D eigenvalue weighted by atomic mass is 10.1. The van der Waals surface area contributed by atoms with Gasteiger partial charge in [-0.25, -0.2) is 0 Å². The first-order valence-corrected chi connectivity index (χ1v) is 9.80. The summed E-state index contributed by atoms with van der Waals surface area (Å²) in [5.41, 5.74) is 1.53. The van der Waals surface area contributed by atoms with Crippen molar-refractivity contribution in [1.82, 2.24) is 0 Å². The Labute approximate surface area is 162 Å². The molecular formula is C22H30N2O3. The van der Waals surface area contributed by atoms with Crippen molar-refractivity contribution in [2.45, 2.75) is 45.4 Å². The Kier molecular flexibility index (Phi) is 9.97. The largest absolute Gasteiger partial charge is 0.494 e. The topological polar surface area (TPSA) is 63.4 Å². The Bertz CT molecular complexity index is 654. The minimum atomic E-state index is 0.000127. The molecule has 0 saturated heterocycles. The average molecular weight is 370 g/mol. The number of aliphatic hydroxyl groups excluding tert-OH is 1. The lowest BCUT2D eigenvalue weighted by molar-refractivity contribution is 0.201. The van der Waals surface area contributed by atoms with E-state index < -0.39 is 0 Å². The van der Waals surface area contributed by atoms with Crippen LogP contribution < -0.4 is 9.47 Å². The molecule has 2 aromatic carbocycles. The van der Waals surface area contributed by atoms with E-state index in [1.54, 1.807) is 0 Å². The quantitative estimate of drug-likeness (QED) is 0.337. The summed E-state index contributed by atoms with van der Waals surface area (Å²) in [6.45, 7) is 3.28. The summed E-state index contributed by atoms with van der Waals surface area (Å²) >= 11 is 0. The van der Waals surface area contributed by atoms with E-state index in [0.717, 1.165) is 30.2 Å². The van der Waals surface area contributed by atoms with Crippen LogP contribution in [-0.4, -0.2) is 24.9 Å². The predicted molar refractivity (Wildman–Crippen MR) is 109 cm³/mol. The van der Waals surface area contributed by atoms with Gasteiger partial charge in [0.15, 0.2) is 0 Å². The van der Waals surface area contributed by atoms with Crippen molar-refractivity contribution < 1.29 is 14.6 Å². The SMILES string of the molecule is CCCCCCCCOc1ccc(N=Nc2ccc(OCCO)cc2)cc1. The van der Waals surface area contributed by atoms with Crippen LogP contribution in [0.2, 0.25) is 0 Å². The Morgan fingerprint density at radius 3 is 1.67 bits per heavy atom. The molecular weight excluding hydrogens is 340 g/mol. The molecule has 5 nitrogen and oxygen atoms in total. The molecule has 0 radical (unpaired) electrons. The molecule has 0 aliphatic heterocycles. The van der Waals surface area contributed by atoms with Gasteiger partial charge in [0, 0.05) is 0 Å². The number of nitrogens with zero attached hydrogens (tertiary/aromatic N) is 2. The van der Waals surface area contributed by atoms with Crippen molar-refractivity contribution in [3.8, 4) is 11.5 Å². The number of unbranched alkanes of at least 4 members (excludes halogenated alkanes) is 5. The van der Waals surface area contributed by atoms with Gasteiger partial charge >= 0.3 is 0 Å². The van der Waals surface area contributed by atoms with E-state index in [2.05, 4.69) is 17.2 Å². The first kappa shape index (κ1) is 20.9. The minimum Gasteiger partial charge on any atom is -0.494 e. The van der Waals surface area contributed by atoms with Gasteiger partial charge in [-0.1, -0.05) is 39.0 Å². The van der Waals surface area contributed by atoms with E-state index in [1.807, 2.05) is 48.5 Å². The second-order valence-electron chi connectivity index (χ2n) is 6.38. The van der Waals surface area contributed by atoms with Gasteiger partial charge in [0.25, 0.3) is 0 Å². The second-order valence-corrected chi connectivity index (χ2v) is 6.38.